The van der Waals surface area contributed by atoms with Crippen LogP contribution in [0.5, 0.6) is 5.75 Å². The van der Waals surface area contributed by atoms with Crippen LogP contribution in [0.3, 0.4) is 0 Å². The van der Waals surface area contributed by atoms with Crippen LogP contribution >= 0.6 is 11.6 Å². The minimum absolute atomic E-state index is 0.217. The Morgan fingerprint density at radius 2 is 2.11 bits per heavy atom. The second kappa shape index (κ2) is 6.23. The van der Waals surface area contributed by atoms with E-state index in [0.717, 1.165) is 31.2 Å². The molecule has 1 heterocycles. The van der Waals surface area contributed by atoms with E-state index in [1.165, 1.54) is 0 Å². The number of rotatable bonds is 3. The molecule has 19 heavy (non-hydrogen) atoms. The summed E-state index contributed by atoms with van der Waals surface area (Å²) in [6.07, 6.45) is 6.12. The molecule has 1 aliphatic carbocycles. The molecule has 1 saturated carbocycles. The van der Waals surface area contributed by atoms with E-state index in [1.807, 2.05) is 20.0 Å². The molecular formula is C14H18ClN3O. The van der Waals surface area contributed by atoms with Crippen molar-refractivity contribution in [2.75, 3.05) is 7.05 Å². The van der Waals surface area contributed by atoms with E-state index in [0.29, 0.717) is 16.8 Å². The third-order valence-corrected chi connectivity index (χ3v) is 4.16. The fraction of sp³-hybridized carbons (Fsp3) is 0.571. The van der Waals surface area contributed by atoms with Gasteiger partial charge in [0.2, 0.25) is 0 Å². The van der Waals surface area contributed by atoms with E-state index in [1.54, 1.807) is 6.20 Å². The lowest BCUT2D eigenvalue weighted by atomic mass is 9.93. The molecular weight excluding hydrogens is 262 g/mol. The number of nitrogens with one attached hydrogen (secondary N) is 1. The molecule has 5 heteroatoms. The minimum atomic E-state index is 0.217. The van der Waals surface area contributed by atoms with Gasteiger partial charge in [-0.2, -0.15) is 5.26 Å². The second-order valence-electron chi connectivity index (χ2n) is 4.90. The van der Waals surface area contributed by atoms with Gasteiger partial charge < -0.3 is 10.1 Å². The highest BCUT2D eigenvalue weighted by atomic mass is 35.5. The predicted octanol–water partition coefficient (Wildman–Crippen LogP) is 2.82. The van der Waals surface area contributed by atoms with E-state index in [2.05, 4.69) is 10.3 Å². The van der Waals surface area contributed by atoms with Gasteiger partial charge in [0.15, 0.2) is 5.69 Å². The van der Waals surface area contributed by atoms with E-state index in [9.17, 15) is 0 Å². The van der Waals surface area contributed by atoms with Crippen molar-refractivity contribution in [2.45, 2.75) is 44.8 Å². The monoisotopic (exact) mass is 279 g/mol. The van der Waals surface area contributed by atoms with Gasteiger partial charge in [-0.1, -0.05) is 11.6 Å². The molecule has 0 unspecified atom stereocenters. The first-order valence-electron chi connectivity index (χ1n) is 6.54. The summed E-state index contributed by atoms with van der Waals surface area (Å²) < 4.78 is 5.98. The number of halogens is 1. The van der Waals surface area contributed by atoms with E-state index >= 15 is 0 Å². The first-order valence-corrected chi connectivity index (χ1v) is 6.92. The summed E-state index contributed by atoms with van der Waals surface area (Å²) in [4.78, 5) is 4.02. The topological polar surface area (TPSA) is 57.9 Å². The molecule has 0 spiro atoms. The zero-order chi connectivity index (χ0) is 13.8. The number of nitrogens with zero attached hydrogens (tertiary/aromatic N) is 2. The zero-order valence-corrected chi connectivity index (χ0v) is 12.0. The normalized spacial score (nSPS) is 22.8. The van der Waals surface area contributed by atoms with Crippen LogP contribution < -0.4 is 10.1 Å². The fourth-order valence-electron chi connectivity index (χ4n) is 2.41. The Hall–Kier alpha value is -1.31. The Labute approximate surface area is 118 Å². The zero-order valence-electron chi connectivity index (χ0n) is 11.2. The molecule has 1 aliphatic rings. The molecule has 0 aromatic carbocycles. The fourth-order valence-corrected chi connectivity index (χ4v) is 2.59. The van der Waals surface area contributed by atoms with Crippen molar-refractivity contribution in [3.8, 4) is 11.8 Å². The standard InChI is InChI=1S/C14H18ClN3O/c1-9-13(8-18-12(7-16)14(9)15)19-11-5-3-10(17-2)4-6-11/h8,10-11,17H,3-6H2,1-2H3. The first kappa shape index (κ1) is 14.1. The van der Waals surface area contributed by atoms with Crippen molar-refractivity contribution < 1.29 is 4.74 Å². The highest BCUT2D eigenvalue weighted by molar-refractivity contribution is 6.32. The van der Waals surface area contributed by atoms with Gasteiger partial charge >= 0.3 is 0 Å². The quantitative estimate of drug-likeness (QED) is 0.924. The predicted molar refractivity (Wildman–Crippen MR) is 74.4 cm³/mol. The Bertz CT molecular complexity index is 490. The second-order valence-corrected chi connectivity index (χ2v) is 5.28. The average molecular weight is 280 g/mol. The molecule has 2 rings (SSSR count). The Kier molecular flexibility index (Phi) is 4.62. The molecule has 0 amide bonds. The SMILES string of the molecule is CNC1CCC(Oc2cnc(C#N)c(Cl)c2C)CC1. The van der Waals surface area contributed by atoms with Crippen molar-refractivity contribution in [2.24, 2.45) is 0 Å². The molecule has 102 valence electrons. The number of nitriles is 1. The molecule has 0 radical (unpaired) electrons. The van der Waals surface area contributed by atoms with Gasteiger partial charge in [-0.05, 0) is 39.7 Å². The van der Waals surface area contributed by atoms with Crippen LogP contribution in [-0.4, -0.2) is 24.2 Å². The molecule has 0 aliphatic heterocycles. The summed E-state index contributed by atoms with van der Waals surface area (Å²) in [5.41, 5.74) is 1.05. The van der Waals surface area contributed by atoms with Gasteiger partial charge in [-0.25, -0.2) is 4.98 Å². The van der Waals surface area contributed by atoms with Gasteiger partial charge in [-0.3, -0.25) is 0 Å². The minimum Gasteiger partial charge on any atom is -0.488 e. The summed E-state index contributed by atoms with van der Waals surface area (Å²) >= 11 is 6.09. The molecule has 1 aromatic rings. The Balaban J connectivity index is 2.05. The molecule has 0 atom stereocenters. The smallest absolute Gasteiger partial charge is 0.159 e. The van der Waals surface area contributed by atoms with Crippen molar-refractivity contribution in [3.63, 3.8) is 0 Å². The number of hydrogen-bond donors (Lipinski definition) is 1. The molecule has 4 nitrogen and oxygen atoms in total. The van der Waals surface area contributed by atoms with Gasteiger partial charge in [0, 0.05) is 11.6 Å². The van der Waals surface area contributed by atoms with Crippen molar-refractivity contribution in [3.05, 3.63) is 22.5 Å². The number of hydrogen-bond acceptors (Lipinski definition) is 4. The van der Waals surface area contributed by atoms with Gasteiger partial charge in [0.1, 0.15) is 11.8 Å². The summed E-state index contributed by atoms with van der Waals surface area (Å²) in [6, 6.07) is 2.57. The Morgan fingerprint density at radius 1 is 1.42 bits per heavy atom. The summed E-state index contributed by atoms with van der Waals surface area (Å²) in [7, 11) is 2.00. The molecule has 1 N–H and O–H groups in total. The molecule has 0 saturated heterocycles. The lowest BCUT2D eigenvalue weighted by Gasteiger charge is -2.29. The third-order valence-electron chi connectivity index (χ3n) is 3.70. The lowest BCUT2D eigenvalue weighted by molar-refractivity contribution is 0.140. The average Bonchev–Trinajstić information content (AvgIpc) is 2.45. The maximum Gasteiger partial charge on any atom is 0.159 e. The van der Waals surface area contributed by atoms with E-state index in [4.69, 9.17) is 21.6 Å². The number of aromatic nitrogens is 1. The van der Waals surface area contributed by atoms with Crippen LogP contribution in [0.4, 0.5) is 0 Å². The molecule has 1 fully saturated rings. The van der Waals surface area contributed by atoms with Gasteiger partial charge in [0.05, 0.1) is 17.3 Å². The van der Waals surface area contributed by atoms with E-state index < -0.39 is 0 Å². The first-order chi connectivity index (χ1) is 9.15. The molecule has 1 aromatic heterocycles. The number of pyridine rings is 1. The summed E-state index contributed by atoms with van der Waals surface area (Å²) in [5, 5.41) is 12.6. The van der Waals surface area contributed by atoms with Crippen molar-refractivity contribution in [1.82, 2.24) is 10.3 Å². The van der Waals surface area contributed by atoms with Crippen LogP contribution in [0.25, 0.3) is 0 Å². The van der Waals surface area contributed by atoms with Crippen molar-refractivity contribution >= 4 is 11.6 Å². The van der Waals surface area contributed by atoms with Crippen LogP contribution in [-0.2, 0) is 0 Å². The summed E-state index contributed by atoms with van der Waals surface area (Å²) in [5.74, 6) is 0.692. The van der Waals surface area contributed by atoms with Gasteiger partial charge in [0.25, 0.3) is 0 Å². The van der Waals surface area contributed by atoms with E-state index in [-0.39, 0.29) is 11.8 Å². The lowest BCUT2D eigenvalue weighted by Crippen LogP contribution is -2.34. The third kappa shape index (κ3) is 3.17. The largest absolute Gasteiger partial charge is 0.488 e. The van der Waals surface area contributed by atoms with Crippen LogP contribution in [0.1, 0.15) is 36.9 Å². The highest BCUT2D eigenvalue weighted by Gasteiger charge is 2.22. The Morgan fingerprint density at radius 3 is 2.68 bits per heavy atom. The van der Waals surface area contributed by atoms with Crippen molar-refractivity contribution in [1.29, 1.82) is 5.26 Å². The summed E-state index contributed by atoms with van der Waals surface area (Å²) in [6.45, 7) is 1.86. The molecule has 0 bridgehead atoms. The van der Waals surface area contributed by atoms with Crippen LogP contribution in [0.2, 0.25) is 5.02 Å². The maximum atomic E-state index is 8.87. The number of ether oxygens (including phenoxy) is 1. The highest BCUT2D eigenvalue weighted by Crippen LogP contribution is 2.30. The van der Waals surface area contributed by atoms with Crippen LogP contribution in [0.15, 0.2) is 6.20 Å². The van der Waals surface area contributed by atoms with Gasteiger partial charge in [-0.15, -0.1) is 0 Å². The maximum absolute atomic E-state index is 8.87. The van der Waals surface area contributed by atoms with Crippen LogP contribution in [0, 0.1) is 18.3 Å².